The van der Waals surface area contributed by atoms with Crippen molar-refractivity contribution in [1.82, 2.24) is 9.97 Å². The minimum absolute atomic E-state index is 0.107. The first-order chi connectivity index (χ1) is 15.2. The van der Waals surface area contributed by atoms with Crippen LogP contribution in [0, 0.1) is 19.7 Å². The minimum atomic E-state index is -3.96. The van der Waals surface area contributed by atoms with Gasteiger partial charge >= 0.3 is 0 Å². The Morgan fingerprint density at radius 3 is 2.50 bits per heavy atom. The Morgan fingerprint density at radius 2 is 1.81 bits per heavy atom. The molecule has 32 heavy (non-hydrogen) atoms. The molecule has 0 N–H and O–H groups in total. The fourth-order valence-electron chi connectivity index (χ4n) is 3.19. The van der Waals surface area contributed by atoms with Crippen molar-refractivity contribution in [2.75, 3.05) is 10.7 Å². The Kier molecular flexibility index (Phi) is 6.03. The molecule has 4 aromatic rings. The van der Waals surface area contributed by atoms with Gasteiger partial charge in [0.25, 0.3) is 0 Å². The number of hydrogen-bond donors (Lipinski definition) is 0. The highest BCUT2D eigenvalue weighted by molar-refractivity contribution is 7.92. The second-order valence-electron chi connectivity index (χ2n) is 7.45. The first-order valence-electron chi connectivity index (χ1n) is 9.78. The van der Waals surface area contributed by atoms with E-state index in [1.807, 2.05) is 32.0 Å². The van der Waals surface area contributed by atoms with E-state index in [2.05, 4.69) is 9.97 Å². The van der Waals surface area contributed by atoms with E-state index < -0.39 is 27.3 Å². The quantitative estimate of drug-likeness (QED) is 0.390. The fourth-order valence-corrected chi connectivity index (χ4v) is 5.45. The maximum atomic E-state index is 13.2. The number of aryl methyl sites for hydroxylation is 2. The molecule has 164 valence electrons. The van der Waals surface area contributed by atoms with Crippen LogP contribution in [-0.2, 0) is 21.2 Å². The number of pyridine rings is 1. The average molecular weight is 470 g/mol. The summed E-state index contributed by atoms with van der Waals surface area (Å²) >= 11 is 1.33. The summed E-state index contributed by atoms with van der Waals surface area (Å²) in [4.78, 5) is 23.2. The molecule has 6 nitrogen and oxygen atoms in total. The highest BCUT2D eigenvalue weighted by Crippen LogP contribution is 2.32. The van der Waals surface area contributed by atoms with Gasteiger partial charge in [0.15, 0.2) is 15.0 Å². The van der Waals surface area contributed by atoms with Gasteiger partial charge in [-0.3, -0.25) is 14.7 Å². The Morgan fingerprint density at radius 1 is 1.09 bits per heavy atom. The van der Waals surface area contributed by atoms with Crippen molar-refractivity contribution >= 4 is 42.4 Å². The molecule has 1 amide bonds. The lowest BCUT2D eigenvalue weighted by Gasteiger charge is -2.20. The zero-order valence-electron chi connectivity index (χ0n) is 17.4. The summed E-state index contributed by atoms with van der Waals surface area (Å²) in [6.07, 6.45) is 3.24. The van der Waals surface area contributed by atoms with Crippen LogP contribution in [0.5, 0.6) is 0 Å². The van der Waals surface area contributed by atoms with Crippen LogP contribution in [0.15, 0.2) is 65.8 Å². The van der Waals surface area contributed by atoms with Crippen LogP contribution in [0.1, 0.15) is 16.7 Å². The largest absolute Gasteiger partial charge is 0.283 e. The molecule has 0 aliphatic rings. The first kappa shape index (κ1) is 22.0. The second kappa shape index (κ2) is 8.76. The van der Waals surface area contributed by atoms with Crippen LogP contribution < -0.4 is 4.90 Å². The number of rotatable bonds is 6. The number of sulfone groups is 1. The smallest absolute Gasteiger partial charge is 0.244 e. The average Bonchev–Trinajstić information content (AvgIpc) is 3.15. The van der Waals surface area contributed by atoms with Crippen LogP contribution in [0.25, 0.3) is 10.2 Å². The molecule has 0 aliphatic heterocycles. The van der Waals surface area contributed by atoms with Gasteiger partial charge in [0.1, 0.15) is 11.6 Å². The molecule has 0 atom stereocenters. The predicted octanol–water partition coefficient (Wildman–Crippen LogP) is 4.45. The third-order valence-electron chi connectivity index (χ3n) is 5.07. The van der Waals surface area contributed by atoms with Crippen molar-refractivity contribution in [3.63, 3.8) is 0 Å². The SMILES string of the molecule is Cc1cc2nc(N(Cc3cccnc3)C(=O)CS(=O)(=O)c3ccc(F)cc3)sc2cc1C. The van der Waals surface area contributed by atoms with Crippen molar-refractivity contribution in [3.8, 4) is 0 Å². The monoisotopic (exact) mass is 469 g/mol. The molecule has 0 saturated heterocycles. The summed E-state index contributed by atoms with van der Waals surface area (Å²) in [7, 11) is -3.96. The van der Waals surface area contributed by atoms with Crippen LogP contribution in [-0.4, -0.2) is 30.0 Å². The van der Waals surface area contributed by atoms with Crippen molar-refractivity contribution in [2.24, 2.45) is 0 Å². The zero-order valence-corrected chi connectivity index (χ0v) is 19.1. The number of amides is 1. The van der Waals surface area contributed by atoms with Gasteiger partial charge in [-0.15, -0.1) is 0 Å². The number of anilines is 1. The lowest BCUT2D eigenvalue weighted by atomic mass is 10.1. The van der Waals surface area contributed by atoms with E-state index in [-0.39, 0.29) is 11.4 Å². The Balaban J connectivity index is 1.70. The van der Waals surface area contributed by atoms with Crippen molar-refractivity contribution in [3.05, 3.63) is 83.4 Å². The molecule has 2 aromatic heterocycles. The van der Waals surface area contributed by atoms with E-state index in [4.69, 9.17) is 0 Å². The molecular weight excluding hydrogens is 449 g/mol. The molecule has 2 aromatic carbocycles. The number of benzene rings is 2. The predicted molar refractivity (Wildman–Crippen MR) is 123 cm³/mol. The van der Waals surface area contributed by atoms with Crippen molar-refractivity contribution in [1.29, 1.82) is 0 Å². The van der Waals surface area contributed by atoms with Crippen LogP contribution in [0.3, 0.4) is 0 Å². The van der Waals surface area contributed by atoms with Crippen LogP contribution in [0.2, 0.25) is 0 Å². The number of aromatic nitrogens is 2. The first-order valence-corrected chi connectivity index (χ1v) is 12.3. The van der Waals surface area contributed by atoms with Crippen molar-refractivity contribution < 1.29 is 17.6 Å². The Hall–Kier alpha value is -3.17. The third kappa shape index (κ3) is 4.68. The van der Waals surface area contributed by atoms with E-state index in [0.717, 1.165) is 51.2 Å². The highest BCUT2D eigenvalue weighted by atomic mass is 32.2. The van der Waals surface area contributed by atoms with Gasteiger partial charge < -0.3 is 0 Å². The number of nitrogens with zero attached hydrogens (tertiary/aromatic N) is 3. The molecule has 0 unspecified atom stereocenters. The van der Waals surface area contributed by atoms with E-state index in [1.54, 1.807) is 18.5 Å². The lowest BCUT2D eigenvalue weighted by molar-refractivity contribution is -0.116. The summed E-state index contributed by atoms with van der Waals surface area (Å²) in [5, 5.41) is 0.410. The summed E-state index contributed by atoms with van der Waals surface area (Å²) in [6, 6.07) is 12.0. The second-order valence-corrected chi connectivity index (χ2v) is 10.5. The van der Waals surface area contributed by atoms with Gasteiger partial charge in [-0.2, -0.15) is 0 Å². The number of carbonyl (C=O) groups excluding carboxylic acids is 1. The number of thiazole rings is 1. The van der Waals surface area contributed by atoms with Gasteiger partial charge in [-0.05, 0) is 73.0 Å². The zero-order chi connectivity index (χ0) is 22.9. The Bertz CT molecular complexity index is 1350. The van der Waals surface area contributed by atoms with E-state index in [0.29, 0.717) is 5.13 Å². The van der Waals surface area contributed by atoms with Gasteiger partial charge in [0.2, 0.25) is 5.91 Å². The van der Waals surface area contributed by atoms with Crippen LogP contribution in [0.4, 0.5) is 9.52 Å². The summed E-state index contributed by atoms with van der Waals surface area (Å²) < 4.78 is 39.7. The molecule has 0 fully saturated rings. The summed E-state index contributed by atoms with van der Waals surface area (Å²) in [5.74, 6) is -1.92. The van der Waals surface area contributed by atoms with E-state index in [1.165, 1.54) is 16.2 Å². The van der Waals surface area contributed by atoms with E-state index in [9.17, 15) is 17.6 Å². The summed E-state index contributed by atoms with van der Waals surface area (Å²) in [6.45, 7) is 4.12. The number of carbonyl (C=O) groups is 1. The standard InChI is InChI=1S/C23H20FN3O3S2/c1-15-10-20-21(11-16(15)2)31-23(26-20)27(13-17-4-3-9-25-12-17)22(28)14-32(29,30)19-7-5-18(24)6-8-19/h3-12H,13-14H2,1-2H3. The van der Waals surface area contributed by atoms with Gasteiger partial charge in [-0.25, -0.2) is 17.8 Å². The topological polar surface area (TPSA) is 80.2 Å². The Labute approximate surface area is 189 Å². The maximum absolute atomic E-state index is 13.2. The molecule has 4 rings (SSSR count). The van der Waals surface area contributed by atoms with Gasteiger partial charge in [0.05, 0.1) is 21.7 Å². The number of halogens is 1. The van der Waals surface area contributed by atoms with Gasteiger partial charge in [-0.1, -0.05) is 17.4 Å². The van der Waals surface area contributed by atoms with Crippen molar-refractivity contribution in [2.45, 2.75) is 25.3 Å². The number of hydrogen-bond acceptors (Lipinski definition) is 6. The molecule has 0 spiro atoms. The molecule has 9 heteroatoms. The van der Waals surface area contributed by atoms with Gasteiger partial charge in [0, 0.05) is 12.4 Å². The number of fused-ring (bicyclic) bond motifs is 1. The highest BCUT2D eigenvalue weighted by Gasteiger charge is 2.27. The molecule has 0 saturated carbocycles. The molecule has 0 radical (unpaired) electrons. The lowest BCUT2D eigenvalue weighted by Crippen LogP contribution is -2.35. The molecule has 2 heterocycles. The molecular formula is C23H20FN3O3S2. The maximum Gasteiger partial charge on any atom is 0.244 e. The fraction of sp³-hybridized carbons (Fsp3) is 0.174. The molecule has 0 aliphatic carbocycles. The normalized spacial score (nSPS) is 11.6. The van der Waals surface area contributed by atoms with Crippen LogP contribution >= 0.6 is 11.3 Å². The molecule has 0 bridgehead atoms. The third-order valence-corrected chi connectivity index (χ3v) is 7.73. The minimum Gasteiger partial charge on any atom is -0.283 e. The van der Waals surface area contributed by atoms with E-state index >= 15 is 0 Å². The summed E-state index contributed by atoms with van der Waals surface area (Å²) in [5.41, 5.74) is 3.68.